The van der Waals surface area contributed by atoms with Crippen molar-refractivity contribution in [1.82, 2.24) is 4.98 Å². The zero-order valence-corrected chi connectivity index (χ0v) is 13.1. The van der Waals surface area contributed by atoms with Crippen LogP contribution in [0.3, 0.4) is 0 Å². The van der Waals surface area contributed by atoms with Crippen LogP contribution in [0.2, 0.25) is 0 Å². The standard InChI is InChI=1S/C14H14BrN3O3/c1-8-5-11(15)6-12(18(19)20)14(8)21-13-4-3-10(7-17-13)9(2)16/h3-7,9H,16H2,1-2H3/t9-/m1/s1. The molecule has 0 saturated heterocycles. The maximum atomic E-state index is 11.1. The zero-order chi connectivity index (χ0) is 15.6. The molecule has 0 aliphatic carbocycles. The van der Waals surface area contributed by atoms with Crippen LogP contribution in [0.15, 0.2) is 34.9 Å². The van der Waals surface area contributed by atoms with E-state index in [-0.39, 0.29) is 23.4 Å². The third-order valence-electron chi connectivity index (χ3n) is 2.91. The minimum absolute atomic E-state index is 0.111. The van der Waals surface area contributed by atoms with Gasteiger partial charge in [0.15, 0.2) is 0 Å². The Hall–Kier alpha value is -1.99. The molecule has 0 unspecified atom stereocenters. The molecule has 0 saturated carbocycles. The van der Waals surface area contributed by atoms with Gasteiger partial charge in [0.05, 0.1) is 4.92 Å². The molecule has 0 amide bonds. The molecule has 110 valence electrons. The summed E-state index contributed by atoms with van der Waals surface area (Å²) in [4.78, 5) is 14.8. The Labute approximate surface area is 130 Å². The van der Waals surface area contributed by atoms with Gasteiger partial charge in [0.1, 0.15) is 0 Å². The number of hydrogen-bond acceptors (Lipinski definition) is 5. The number of nitrogens with two attached hydrogens (primary N) is 1. The number of hydrogen-bond donors (Lipinski definition) is 1. The molecule has 2 aromatic rings. The van der Waals surface area contributed by atoms with E-state index in [0.29, 0.717) is 10.0 Å². The van der Waals surface area contributed by atoms with Crippen molar-refractivity contribution in [2.75, 3.05) is 0 Å². The highest BCUT2D eigenvalue weighted by atomic mass is 79.9. The van der Waals surface area contributed by atoms with Crippen LogP contribution in [0.4, 0.5) is 5.69 Å². The summed E-state index contributed by atoms with van der Waals surface area (Å²) in [5.74, 6) is 0.470. The van der Waals surface area contributed by atoms with Gasteiger partial charge >= 0.3 is 5.69 Å². The monoisotopic (exact) mass is 351 g/mol. The van der Waals surface area contributed by atoms with Crippen molar-refractivity contribution in [1.29, 1.82) is 0 Å². The number of pyridine rings is 1. The average Bonchev–Trinajstić information content (AvgIpc) is 2.41. The molecule has 2 rings (SSSR count). The molecule has 0 fully saturated rings. The van der Waals surface area contributed by atoms with Crippen molar-refractivity contribution in [2.45, 2.75) is 19.9 Å². The number of benzene rings is 1. The van der Waals surface area contributed by atoms with Crippen LogP contribution < -0.4 is 10.5 Å². The number of nitro benzene ring substituents is 1. The molecule has 7 heteroatoms. The van der Waals surface area contributed by atoms with E-state index in [1.54, 1.807) is 31.3 Å². The molecule has 1 atom stereocenters. The van der Waals surface area contributed by atoms with Crippen LogP contribution in [0.5, 0.6) is 11.6 Å². The van der Waals surface area contributed by atoms with Crippen molar-refractivity contribution in [3.05, 3.63) is 56.2 Å². The molecule has 0 spiro atoms. The van der Waals surface area contributed by atoms with Crippen LogP contribution in [-0.2, 0) is 0 Å². The second-order valence-electron chi connectivity index (χ2n) is 4.65. The van der Waals surface area contributed by atoms with Gasteiger partial charge in [-0.1, -0.05) is 22.0 Å². The lowest BCUT2D eigenvalue weighted by atomic mass is 10.1. The Balaban J connectivity index is 2.37. The van der Waals surface area contributed by atoms with E-state index < -0.39 is 4.92 Å². The smallest absolute Gasteiger partial charge is 0.313 e. The summed E-state index contributed by atoms with van der Waals surface area (Å²) in [6.45, 7) is 3.59. The highest BCUT2D eigenvalue weighted by molar-refractivity contribution is 9.10. The van der Waals surface area contributed by atoms with Crippen molar-refractivity contribution in [2.24, 2.45) is 5.73 Å². The Morgan fingerprint density at radius 2 is 2.14 bits per heavy atom. The van der Waals surface area contributed by atoms with Gasteiger partial charge in [-0.05, 0) is 25.5 Å². The lowest BCUT2D eigenvalue weighted by Crippen LogP contribution is -2.05. The summed E-state index contributed by atoms with van der Waals surface area (Å²) in [7, 11) is 0. The number of nitro groups is 1. The van der Waals surface area contributed by atoms with E-state index in [9.17, 15) is 10.1 Å². The average molecular weight is 352 g/mol. The normalized spacial score (nSPS) is 12.0. The topological polar surface area (TPSA) is 91.3 Å². The van der Waals surface area contributed by atoms with E-state index in [1.807, 2.05) is 6.92 Å². The lowest BCUT2D eigenvalue weighted by Gasteiger charge is -2.10. The van der Waals surface area contributed by atoms with Crippen molar-refractivity contribution in [3.8, 4) is 11.6 Å². The first kappa shape index (κ1) is 15.4. The first-order valence-corrected chi connectivity index (χ1v) is 7.01. The summed E-state index contributed by atoms with van der Waals surface area (Å²) in [6, 6.07) is 6.45. The first-order valence-electron chi connectivity index (χ1n) is 6.22. The largest absolute Gasteiger partial charge is 0.432 e. The molecule has 0 aliphatic rings. The first-order chi connectivity index (χ1) is 9.88. The van der Waals surface area contributed by atoms with E-state index in [0.717, 1.165) is 5.56 Å². The van der Waals surface area contributed by atoms with Gasteiger partial charge in [0.2, 0.25) is 11.6 Å². The van der Waals surface area contributed by atoms with Crippen molar-refractivity contribution >= 4 is 21.6 Å². The van der Waals surface area contributed by atoms with Crippen LogP contribution in [0, 0.1) is 17.0 Å². The maximum absolute atomic E-state index is 11.1. The molecule has 1 aromatic carbocycles. The van der Waals surface area contributed by atoms with Gasteiger partial charge in [-0.3, -0.25) is 10.1 Å². The van der Waals surface area contributed by atoms with Gasteiger partial charge in [0.25, 0.3) is 0 Å². The van der Waals surface area contributed by atoms with Crippen molar-refractivity contribution in [3.63, 3.8) is 0 Å². The summed E-state index contributed by atoms with van der Waals surface area (Å²) in [6.07, 6.45) is 1.60. The van der Waals surface area contributed by atoms with E-state index >= 15 is 0 Å². The molecule has 6 nitrogen and oxygen atoms in total. The third-order valence-corrected chi connectivity index (χ3v) is 3.37. The van der Waals surface area contributed by atoms with Gasteiger partial charge < -0.3 is 10.5 Å². The number of halogens is 1. The fourth-order valence-electron chi connectivity index (χ4n) is 1.81. The van der Waals surface area contributed by atoms with Crippen molar-refractivity contribution < 1.29 is 9.66 Å². The number of aromatic nitrogens is 1. The zero-order valence-electron chi connectivity index (χ0n) is 11.5. The highest BCUT2D eigenvalue weighted by Gasteiger charge is 2.20. The van der Waals surface area contributed by atoms with E-state index in [4.69, 9.17) is 10.5 Å². The molecule has 0 radical (unpaired) electrons. The molecule has 1 aromatic heterocycles. The molecular formula is C14H14BrN3O3. The number of nitrogens with zero attached hydrogens (tertiary/aromatic N) is 2. The van der Waals surface area contributed by atoms with Crippen LogP contribution in [-0.4, -0.2) is 9.91 Å². The molecule has 0 aliphatic heterocycles. The maximum Gasteiger partial charge on any atom is 0.313 e. The Bertz CT molecular complexity index is 672. The van der Waals surface area contributed by atoms with Gasteiger partial charge in [-0.25, -0.2) is 4.98 Å². The summed E-state index contributed by atoms with van der Waals surface area (Å²) >= 11 is 3.24. The summed E-state index contributed by atoms with van der Waals surface area (Å²) in [5.41, 5.74) is 7.15. The highest BCUT2D eigenvalue weighted by Crippen LogP contribution is 2.36. The number of ether oxygens (including phenoxy) is 1. The number of rotatable bonds is 4. The van der Waals surface area contributed by atoms with Crippen LogP contribution in [0.25, 0.3) is 0 Å². The SMILES string of the molecule is Cc1cc(Br)cc([N+](=O)[O-])c1Oc1ccc([C@@H](C)N)cn1. The fraction of sp³-hybridized carbons (Fsp3) is 0.214. The Morgan fingerprint density at radius 3 is 2.67 bits per heavy atom. The predicted octanol–water partition coefficient (Wildman–Crippen LogP) is 3.87. The Kier molecular flexibility index (Phi) is 4.54. The molecule has 1 heterocycles. The predicted molar refractivity (Wildman–Crippen MR) is 82.4 cm³/mol. The molecule has 2 N–H and O–H groups in total. The summed E-state index contributed by atoms with van der Waals surface area (Å²) < 4.78 is 6.20. The third kappa shape index (κ3) is 3.56. The quantitative estimate of drug-likeness (QED) is 0.666. The number of aryl methyl sites for hydroxylation is 1. The minimum Gasteiger partial charge on any atom is -0.432 e. The van der Waals surface area contributed by atoms with Crippen LogP contribution >= 0.6 is 15.9 Å². The summed E-state index contributed by atoms with van der Waals surface area (Å²) in [5, 5.41) is 11.1. The second-order valence-corrected chi connectivity index (χ2v) is 5.56. The Morgan fingerprint density at radius 1 is 1.43 bits per heavy atom. The van der Waals surface area contributed by atoms with E-state index in [1.165, 1.54) is 6.07 Å². The van der Waals surface area contributed by atoms with Gasteiger partial charge in [-0.15, -0.1) is 0 Å². The van der Waals surface area contributed by atoms with Crippen LogP contribution in [0.1, 0.15) is 24.1 Å². The molecule has 0 bridgehead atoms. The minimum atomic E-state index is -0.483. The van der Waals surface area contributed by atoms with Gasteiger partial charge in [-0.2, -0.15) is 0 Å². The fourth-order valence-corrected chi connectivity index (χ4v) is 2.37. The second kappa shape index (κ2) is 6.19. The molecule has 21 heavy (non-hydrogen) atoms. The van der Waals surface area contributed by atoms with E-state index in [2.05, 4.69) is 20.9 Å². The lowest BCUT2D eigenvalue weighted by molar-refractivity contribution is -0.385. The molecular weight excluding hydrogens is 338 g/mol. The van der Waals surface area contributed by atoms with Gasteiger partial charge in [0, 0.05) is 34.4 Å².